The third-order valence-corrected chi connectivity index (χ3v) is 7.33. The van der Waals surface area contributed by atoms with Crippen LogP contribution in [0.3, 0.4) is 0 Å². The second-order valence-electron chi connectivity index (χ2n) is 8.38. The highest BCUT2D eigenvalue weighted by Crippen LogP contribution is 2.50. The molecule has 172 valence electrons. The van der Waals surface area contributed by atoms with Crippen molar-refractivity contribution in [3.63, 3.8) is 0 Å². The summed E-state index contributed by atoms with van der Waals surface area (Å²) in [4.78, 5) is 51.6. The molecule has 2 aliphatic heterocycles. The Bertz CT molecular complexity index is 1130. The third kappa shape index (κ3) is 4.06. The number of amides is 3. The molecule has 2 fully saturated rings. The fraction of sp³-hybridized carbons (Fsp3) is 0.304. The highest BCUT2D eigenvalue weighted by Gasteiger charge is 2.64. The van der Waals surface area contributed by atoms with E-state index in [1.807, 2.05) is 0 Å². The number of carbonyl (C=O) groups is 4. The molecule has 0 aromatic heterocycles. The summed E-state index contributed by atoms with van der Waals surface area (Å²) in [5.41, 5.74) is 0.237. The van der Waals surface area contributed by atoms with Gasteiger partial charge in [-0.1, -0.05) is 42.5 Å². The van der Waals surface area contributed by atoms with Crippen LogP contribution in [0.15, 0.2) is 54.6 Å². The van der Waals surface area contributed by atoms with E-state index >= 15 is 0 Å². The summed E-state index contributed by atoms with van der Waals surface area (Å²) in [6, 6.07) is 10.7. The average Bonchev–Trinajstić information content (AvgIpc) is 3.04. The van der Waals surface area contributed by atoms with Crippen molar-refractivity contribution < 1.29 is 28.7 Å². The molecule has 3 N–H and O–H groups in total. The number of hydrogen-bond acceptors (Lipinski definition) is 5. The molecular weight excluding hydrogens is 449 g/mol. The zero-order valence-corrected chi connectivity index (χ0v) is 18.6. The van der Waals surface area contributed by atoms with Crippen LogP contribution in [-0.4, -0.2) is 55.9 Å². The molecular formula is C23H22FN3O5S. The molecule has 2 aromatic carbocycles. The molecule has 2 aromatic rings. The molecule has 4 rings (SSSR count). The van der Waals surface area contributed by atoms with Crippen LogP contribution in [0.1, 0.15) is 35.8 Å². The Morgan fingerprint density at radius 2 is 1.73 bits per heavy atom. The van der Waals surface area contributed by atoms with Crippen LogP contribution in [0, 0.1) is 5.82 Å². The van der Waals surface area contributed by atoms with Gasteiger partial charge >= 0.3 is 5.97 Å². The van der Waals surface area contributed by atoms with Gasteiger partial charge in [0.1, 0.15) is 29.3 Å². The minimum Gasteiger partial charge on any atom is -0.480 e. The van der Waals surface area contributed by atoms with Gasteiger partial charge in [-0.2, -0.15) is 0 Å². The summed E-state index contributed by atoms with van der Waals surface area (Å²) in [7, 11) is 0. The normalized spacial score (nSPS) is 23.8. The van der Waals surface area contributed by atoms with Crippen LogP contribution in [0.25, 0.3) is 0 Å². The van der Waals surface area contributed by atoms with E-state index in [1.165, 1.54) is 34.9 Å². The Kier molecular flexibility index (Phi) is 5.87. The van der Waals surface area contributed by atoms with Gasteiger partial charge in [-0.05, 0) is 31.5 Å². The number of benzene rings is 2. The minimum atomic E-state index is -1.19. The molecule has 8 nitrogen and oxygen atoms in total. The topological polar surface area (TPSA) is 116 Å². The summed E-state index contributed by atoms with van der Waals surface area (Å²) in [5, 5.41) is 14.2. The molecule has 0 bridgehead atoms. The molecule has 33 heavy (non-hydrogen) atoms. The molecule has 2 aliphatic rings. The number of carboxylic acids is 1. The predicted molar refractivity (Wildman–Crippen MR) is 119 cm³/mol. The van der Waals surface area contributed by atoms with Crippen LogP contribution < -0.4 is 10.6 Å². The first-order valence-corrected chi connectivity index (χ1v) is 11.1. The number of hydrogen-bond donors (Lipinski definition) is 3. The van der Waals surface area contributed by atoms with E-state index in [-0.39, 0.29) is 5.56 Å². The van der Waals surface area contributed by atoms with Gasteiger partial charge in [0.15, 0.2) is 0 Å². The monoisotopic (exact) mass is 471 g/mol. The van der Waals surface area contributed by atoms with Crippen LogP contribution in [0.2, 0.25) is 0 Å². The van der Waals surface area contributed by atoms with Crippen molar-refractivity contribution in [1.82, 2.24) is 15.5 Å². The molecule has 4 atom stereocenters. The fourth-order valence-electron chi connectivity index (χ4n) is 4.18. The second-order valence-corrected chi connectivity index (χ2v) is 10.2. The number of fused-ring (bicyclic) bond motifs is 1. The van der Waals surface area contributed by atoms with Crippen molar-refractivity contribution >= 4 is 35.5 Å². The van der Waals surface area contributed by atoms with E-state index in [2.05, 4.69) is 10.6 Å². The fourth-order valence-corrected chi connectivity index (χ4v) is 5.81. The van der Waals surface area contributed by atoms with Crippen LogP contribution >= 0.6 is 11.8 Å². The predicted octanol–water partition coefficient (Wildman–Crippen LogP) is 1.93. The lowest BCUT2D eigenvalue weighted by Crippen LogP contribution is -2.71. The Hall–Kier alpha value is -3.40. The van der Waals surface area contributed by atoms with Gasteiger partial charge in [0, 0.05) is 4.75 Å². The number of thioether (sulfide) groups is 1. The Balaban J connectivity index is 1.55. The lowest BCUT2D eigenvalue weighted by atomic mass is 9.95. The standard InChI is InChI=1S/C23H22FN3O5S/c1-23(2)17(22(31)32)27-20(30)16(21(27)33-23)26-19(29)15(12-8-4-3-5-9-12)25-18(28)13-10-6-7-11-14(13)24/h3-11,15-17,21H,1-2H3,(H,25,28)(H,26,29)(H,31,32)/t15-,16-,17+,21-/m1/s1. The molecule has 2 heterocycles. The Labute approximate surface area is 193 Å². The summed E-state index contributed by atoms with van der Waals surface area (Å²) < 4.78 is 13.3. The number of nitrogens with zero attached hydrogens (tertiary/aromatic N) is 1. The van der Waals surface area contributed by atoms with Crippen LogP contribution in [0.5, 0.6) is 0 Å². The first-order chi connectivity index (χ1) is 15.6. The highest BCUT2D eigenvalue weighted by atomic mass is 32.2. The number of β-lactam (4-membered cyclic amide) rings is 1. The second kappa shape index (κ2) is 8.51. The smallest absolute Gasteiger partial charge is 0.327 e. The van der Waals surface area contributed by atoms with Crippen LogP contribution in [0.4, 0.5) is 4.39 Å². The van der Waals surface area contributed by atoms with Crippen molar-refractivity contribution in [3.8, 4) is 0 Å². The molecule has 0 aliphatic carbocycles. The van der Waals surface area contributed by atoms with Gasteiger partial charge < -0.3 is 20.6 Å². The quantitative estimate of drug-likeness (QED) is 0.555. The average molecular weight is 472 g/mol. The van der Waals surface area contributed by atoms with E-state index in [1.54, 1.807) is 44.2 Å². The molecule has 0 saturated carbocycles. The van der Waals surface area contributed by atoms with Gasteiger partial charge in [0.25, 0.3) is 5.91 Å². The van der Waals surface area contributed by atoms with Gasteiger partial charge in [-0.25, -0.2) is 9.18 Å². The first-order valence-electron chi connectivity index (χ1n) is 10.3. The van der Waals surface area contributed by atoms with Crippen LogP contribution in [-0.2, 0) is 14.4 Å². The zero-order chi connectivity index (χ0) is 23.9. The lowest BCUT2D eigenvalue weighted by molar-refractivity contribution is -0.161. The van der Waals surface area contributed by atoms with Gasteiger partial charge in [-0.3, -0.25) is 14.4 Å². The zero-order valence-electron chi connectivity index (χ0n) is 17.8. The SMILES string of the molecule is CC1(C)S[C@@H]2[C@H](NC(=O)[C@H](NC(=O)c3ccccc3F)c3ccccc3)C(=O)N2[C@H]1C(=O)O. The maximum absolute atomic E-state index is 14.1. The largest absolute Gasteiger partial charge is 0.480 e. The maximum atomic E-state index is 14.1. The molecule has 0 unspecified atom stereocenters. The Morgan fingerprint density at radius 3 is 2.36 bits per heavy atom. The van der Waals surface area contributed by atoms with Crippen molar-refractivity contribution in [2.75, 3.05) is 0 Å². The van der Waals surface area contributed by atoms with E-state index in [4.69, 9.17) is 0 Å². The summed E-state index contributed by atoms with van der Waals surface area (Å²) in [6.07, 6.45) is 0. The number of carbonyl (C=O) groups excluding carboxylic acids is 3. The molecule has 3 amide bonds. The van der Waals surface area contributed by atoms with Crippen molar-refractivity contribution in [1.29, 1.82) is 0 Å². The Morgan fingerprint density at radius 1 is 1.09 bits per heavy atom. The summed E-state index contributed by atoms with van der Waals surface area (Å²) in [5.74, 6) is -3.75. The molecule has 10 heteroatoms. The number of aliphatic carboxylic acids is 1. The minimum absolute atomic E-state index is 0.213. The summed E-state index contributed by atoms with van der Waals surface area (Å²) in [6.45, 7) is 3.48. The van der Waals surface area contributed by atoms with Gasteiger partial charge in [0.05, 0.1) is 5.56 Å². The van der Waals surface area contributed by atoms with Crippen molar-refractivity contribution in [3.05, 3.63) is 71.5 Å². The highest BCUT2D eigenvalue weighted by molar-refractivity contribution is 8.01. The number of halogens is 1. The molecule has 2 saturated heterocycles. The number of nitrogens with one attached hydrogen (secondary N) is 2. The number of rotatable bonds is 6. The van der Waals surface area contributed by atoms with E-state index in [9.17, 15) is 28.7 Å². The maximum Gasteiger partial charge on any atom is 0.327 e. The third-order valence-electron chi connectivity index (χ3n) is 5.76. The molecule has 0 spiro atoms. The van der Waals surface area contributed by atoms with Gasteiger partial charge in [-0.15, -0.1) is 11.8 Å². The van der Waals surface area contributed by atoms with E-state index in [0.29, 0.717) is 5.56 Å². The van der Waals surface area contributed by atoms with E-state index < -0.39 is 57.8 Å². The van der Waals surface area contributed by atoms with Gasteiger partial charge in [0.2, 0.25) is 11.8 Å². The van der Waals surface area contributed by atoms with Crippen molar-refractivity contribution in [2.45, 2.75) is 42.1 Å². The van der Waals surface area contributed by atoms with E-state index in [0.717, 1.165) is 6.07 Å². The number of carboxylic acid groups (broad SMARTS) is 1. The molecule has 0 radical (unpaired) electrons. The van der Waals surface area contributed by atoms with Crippen molar-refractivity contribution in [2.24, 2.45) is 0 Å². The lowest BCUT2D eigenvalue weighted by Gasteiger charge is -2.44. The first kappa shape index (κ1) is 22.8. The summed E-state index contributed by atoms with van der Waals surface area (Å²) >= 11 is 1.30.